The van der Waals surface area contributed by atoms with Gasteiger partial charge in [0.15, 0.2) is 0 Å². The zero-order chi connectivity index (χ0) is 14.9. The summed E-state index contributed by atoms with van der Waals surface area (Å²) >= 11 is 1.67. The molecule has 2 aromatic rings. The average molecular weight is 325 g/mol. The number of thiophene rings is 1. The van der Waals surface area contributed by atoms with Gasteiger partial charge in [0, 0.05) is 16.8 Å². The van der Waals surface area contributed by atoms with Crippen molar-refractivity contribution in [3.05, 3.63) is 58.0 Å². The molecule has 0 saturated heterocycles. The highest BCUT2D eigenvalue weighted by molar-refractivity contribution is 7.88. The summed E-state index contributed by atoms with van der Waals surface area (Å²) in [5, 5.41) is 2.02. The lowest BCUT2D eigenvalue weighted by Gasteiger charge is -2.14. The van der Waals surface area contributed by atoms with E-state index in [0.717, 1.165) is 12.8 Å². The van der Waals surface area contributed by atoms with Crippen LogP contribution in [-0.4, -0.2) is 15.0 Å². The summed E-state index contributed by atoms with van der Waals surface area (Å²) in [4.78, 5) is 1.24. The molecule has 0 amide bonds. The molecule has 1 aliphatic rings. The van der Waals surface area contributed by atoms with E-state index in [2.05, 4.69) is 10.8 Å². The van der Waals surface area contributed by atoms with Crippen LogP contribution >= 0.6 is 11.3 Å². The highest BCUT2D eigenvalue weighted by Gasteiger charge is 2.45. The Hall–Kier alpha value is -1.24. The average Bonchev–Trinajstić information content (AvgIpc) is 3.03. The third kappa shape index (κ3) is 3.51. The van der Waals surface area contributed by atoms with Crippen molar-refractivity contribution in [1.29, 1.82) is 0 Å². The number of nitrogens with one attached hydrogen (secondary N) is 1. The number of halogens is 1. The van der Waals surface area contributed by atoms with Gasteiger partial charge < -0.3 is 0 Å². The van der Waals surface area contributed by atoms with Crippen molar-refractivity contribution in [1.82, 2.24) is 4.72 Å². The number of benzene rings is 1. The maximum Gasteiger partial charge on any atom is 0.215 e. The highest BCUT2D eigenvalue weighted by Crippen LogP contribution is 2.49. The predicted molar refractivity (Wildman–Crippen MR) is 82.3 cm³/mol. The van der Waals surface area contributed by atoms with Crippen LogP contribution in [0.1, 0.15) is 23.3 Å². The summed E-state index contributed by atoms with van der Waals surface area (Å²) in [6.45, 7) is 0.442. The Bertz CT molecular complexity index is 705. The fraction of sp³-hybridized carbons (Fsp3) is 0.333. The Morgan fingerprint density at radius 3 is 2.48 bits per heavy atom. The topological polar surface area (TPSA) is 46.2 Å². The number of sulfonamides is 1. The molecule has 1 fully saturated rings. The smallest absolute Gasteiger partial charge is 0.214 e. The van der Waals surface area contributed by atoms with Crippen molar-refractivity contribution in [2.75, 3.05) is 6.54 Å². The van der Waals surface area contributed by atoms with E-state index in [4.69, 9.17) is 0 Å². The standard InChI is InChI=1S/C15H16FNO2S2/c16-13-5-3-12(4-6-13)10-21(18,19)17-11-15(7-8-15)14-2-1-9-20-14/h1-6,9,17H,7-8,10-11H2. The first-order chi connectivity index (χ1) is 9.99. The molecule has 0 unspecified atom stereocenters. The minimum atomic E-state index is -3.40. The van der Waals surface area contributed by atoms with Crippen molar-refractivity contribution < 1.29 is 12.8 Å². The third-order valence-corrected chi connectivity index (χ3v) is 6.21. The summed E-state index contributed by atoms with van der Waals surface area (Å²) in [5.41, 5.74) is 0.578. The molecule has 0 spiro atoms. The highest BCUT2D eigenvalue weighted by atomic mass is 32.2. The Labute approximate surface area is 127 Å². The normalized spacial score (nSPS) is 16.8. The van der Waals surface area contributed by atoms with Gasteiger partial charge >= 0.3 is 0 Å². The molecule has 112 valence electrons. The van der Waals surface area contributed by atoms with Gasteiger partial charge in [-0.05, 0) is 42.0 Å². The van der Waals surface area contributed by atoms with Gasteiger partial charge in [0.1, 0.15) is 5.82 Å². The predicted octanol–water partition coefficient (Wildman–Crippen LogP) is 3.04. The van der Waals surface area contributed by atoms with E-state index in [9.17, 15) is 12.8 Å². The van der Waals surface area contributed by atoms with E-state index < -0.39 is 10.0 Å². The third-order valence-electron chi connectivity index (χ3n) is 3.80. The zero-order valence-corrected chi connectivity index (χ0v) is 13.0. The van der Waals surface area contributed by atoms with Gasteiger partial charge in [0.2, 0.25) is 10.0 Å². The second-order valence-electron chi connectivity index (χ2n) is 5.46. The first-order valence-corrected chi connectivity index (χ1v) is 9.28. The Morgan fingerprint density at radius 1 is 1.19 bits per heavy atom. The van der Waals surface area contributed by atoms with Crippen molar-refractivity contribution >= 4 is 21.4 Å². The first-order valence-electron chi connectivity index (χ1n) is 6.75. The van der Waals surface area contributed by atoms with Crippen LogP contribution in [0.15, 0.2) is 41.8 Å². The first kappa shape index (κ1) is 14.7. The molecule has 1 N–H and O–H groups in total. The molecule has 1 heterocycles. The van der Waals surface area contributed by atoms with Crippen molar-refractivity contribution in [2.45, 2.75) is 24.0 Å². The Balaban J connectivity index is 1.63. The SMILES string of the molecule is O=S(=O)(Cc1ccc(F)cc1)NCC1(c2cccs2)CC1. The Morgan fingerprint density at radius 2 is 1.90 bits per heavy atom. The zero-order valence-electron chi connectivity index (χ0n) is 11.4. The summed E-state index contributed by atoms with van der Waals surface area (Å²) < 4.78 is 39.8. The number of hydrogen-bond acceptors (Lipinski definition) is 3. The van der Waals surface area contributed by atoms with E-state index >= 15 is 0 Å². The van der Waals surface area contributed by atoms with Crippen molar-refractivity contribution in [2.24, 2.45) is 0 Å². The van der Waals surface area contributed by atoms with E-state index in [1.54, 1.807) is 11.3 Å². The van der Waals surface area contributed by atoms with Crippen LogP contribution in [-0.2, 0) is 21.2 Å². The largest absolute Gasteiger partial charge is 0.215 e. The second kappa shape index (κ2) is 5.51. The summed E-state index contributed by atoms with van der Waals surface area (Å²) in [6.07, 6.45) is 2.04. The molecule has 0 radical (unpaired) electrons. The minimum Gasteiger partial charge on any atom is -0.214 e. The molecule has 0 bridgehead atoms. The summed E-state index contributed by atoms with van der Waals surface area (Å²) in [6, 6.07) is 9.61. The molecule has 1 aromatic carbocycles. The van der Waals surface area contributed by atoms with Crippen LogP contribution < -0.4 is 4.72 Å². The molecule has 1 aromatic heterocycles. The molecular formula is C15H16FNO2S2. The van der Waals surface area contributed by atoms with Gasteiger partial charge in [-0.1, -0.05) is 18.2 Å². The fourth-order valence-corrected chi connectivity index (χ4v) is 4.56. The van der Waals surface area contributed by atoms with Crippen molar-refractivity contribution in [3.63, 3.8) is 0 Å². The maximum atomic E-state index is 12.8. The van der Waals surface area contributed by atoms with Gasteiger partial charge in [0.05, 0.1) is 5.75 Å². The lowest BCUT2D eigenvalue weighted by atomic mass is 10.1. The van der Waals surface area contributed by atoms with Gasteiger partial charge in [-0.25, -0.2) is 17.5 Å². The van der Waals surface area contributed by atoms with Gasteiger partial charge in [-0.3, -0.25) is 0 Å². The summed E-state index contributed by atoms with van der Waals surface area (Å²) in [7, 11) is -3.40. The minimum absolute atomic E-state index is 0.00989. The van der Waals surface area contributed by atoms with Crippen LogP contribution in [0.2, 0.25) is 0 Å². The number of rotatable bonds is 6. The van der Waals surface area contributed by atoms with E-state index in [-0.39, 0.29) is 17.0 Å². The van der Waals surface area contributed by atoms with Gasteiger partial charge in [-0.2, -0.15) is 0 Å². The van der Waals surface area contributed by atoms with Crippen LogP contribution in [0.4, 0.5) is 4.39 Å². The molecule has 3 rings (SSSR count). The van der Waals surface area contributed by atoms with E-state index in [0.29, 0.717) is 12.1 Å². The van der Waals surface area contributed by atoms with Gasteiger partial charge in [0.25, 0.3) is 0 Å². The van der Waals surface area contributed by atoms with E-state index in [1.807, 2.05) is 11.4 Å². The number of hydrogen-bond donors (Lipinski definition) is 1. The monoisotopic (exact) mass is 325 g/mol. The maximum absolute atomic E-state index is 12.8. The molecule has 1 aliphatic carbocycles. The van der Waals surface area contributed by atoms with E-state index in [1.165, 1.54) is 29.1 Å². The molecule has 0 atom stereocenters. The quantitative estimate of drug-likeness (QED) is 0.887. The molecule has 3 nitrogen and oxygen atoms in total. The lowest BCUT2D eigenvalue weighted by Crippen LogP contribution is -2.32. The molecule has 1 saturated carbocycles. The lowest BCUT2D eigenvalue weighted by molar-refractivity contribution is 0.567. The summed E-state index contributed by atoms with van der Waals surface area (Å²) in [5.74, 6) is -0.480. The van der Waals surface area contributed by atoms with Crippen LogP contribution in [0.25, 0.3) is 0 Å². The second-order valence-corrected chi connectivity index (χ2v) is 8.22. The fourth-order valence-electron chi connectivity index (χ4n) is 2.34. The molecular weight excluding hydrogens is 309 g/mol. The van der Waals surface area contributed by atoms with Crippen LogP contribution in [0.5, 0.6) is 0 Å². The Kier molecular flexibility index (Phi) is 3.86. The van der Waals surface area contributed by atoms with Crippen LogP contribution in [0, 0.1) is 5.82 Å². The molecule has 6 heteroatoms. The van der Waals surface area contributed by atoms with Crippen molar-refractivity contribution in [3.8, 4) is 0 Å². The molecule has 21 heavy (non-hydrogen) atoms. The van der Waals surface area contributed by atoms with Gasteiger partial charge in [-0.15, -0.1) is 11.3 Å². The van der Waals surface area contributed by atoms with Crippen LogP contribution in [0.3, 0.4) is 0 Å². The molecule has 0 aliphatic heterocycles.